The number of benzene rings is 2. The van der Waals surface area contributed by atoms with E-state index in [1.54, 1.807) is 18.7 Å². The highest BCUT2D eigenvalue weighted by Crippen LogP contribution is 2.38. The summed E-state index contributed by atoms with van der Waals surface area (Å²) in [6, 6.07) is 13.7. The van der Waals surface area contributed by atoms with Crippen LogP contribution in [0.4, 0.5) is 16.4 Å². The number of aromatic carboxylic acids is 1. The fraction of sp³-hybridized carbons (Fsp3) is 0.333. The second kappa shape index (κ2) is 12.6. The average molecular weight is 527 g/mol. The molecule has 0 unspecified atom stereocenters. The largest absolute Gasteiger partial charge is 0.872 e. The van der Waals surface area contributed by atoms with Gasteiger partial charge in [-0.1, -0.05) is 23.9 Å². The Morgan fingerprint density at radius 1 is 1.16 bits per heavy atom. The lowest BCUT2D eigenvalue weighted by atomic mass is 10.2. The fourth-order valence-corrected chi connectivity index (χ4v) is 4.69. The van der Waals surface area contributed by atoms with Gasteiger partial charge < -0.3 is 35.5 Å². The first-order chi connectivity index (χ1) is 17.5. The zero-order chi connectivity index (χ0) is 27.1. The number of carboxylic acid groups (broad SMARTS) is 1. The number of hydrogen-bond donors (Lipinski definition) is 5. The van der Waals surface area contributed by atoms with E-state index in [9.17, 15) is 9.90 Å². The minimum absolute atomic E-state index is 0.167. The molecule has 0 amide bonds. The number of aliphatic imine (C=N–C) groups is 1. The zero-order valence-electron chi connectivity index (χ0n) is 21.5. The number of nitrogens with zero attached hydrogens (tertiary/aromatic N) is 2. The Kier molecular flexibility index (Phi) is 9.51. The highest BCUT2D eigenvalue weighted by atomic mass is 32.1. The van der Waals surface area contributed by atoms with Crippen LogP contribution in [0.25, 0.3) is 0 Å². The topological polar surface area (TPSA) is 133 Å². The minimum Gasteiger partial charge on any atom is -0.872 e. The molecule has 3 heterocycles. The van der Waals surface area contributed by atoms with E-state index in [1.165, 1.54) is 28.5 Å². The molecule has 0 bridgehead atoms. The van der Waals surface area contributed by atoms with Gasteiger partial charge in [0.25, 0.3) is 0 Å². The summed E-state index contributed by atoms with van der Waals surface area (Å²) in [5.74, 6) is -1.02. The number of fused-ring (bicyclic) bond motifs is 2. The van der Waals surface area contributed by atoms with Crippen molar-refractivity contribution in [1.82, 2.24) is 4.90 Å². The normalized spacial score (nSPS) is 14.5. The van der Waals surface area contributed by atoms with Gasteiger partial charge >= 0.3 is 5.97 Å². The number of carboxylic acids is 1. The molecule has 1 fully saturated rings. The van der Waals surface area contributed by atoms with E-state index in [2.05, 4.69) is 54.5 Å². The second-order valence-electron chi connectivity index (χ2n) is 9.20. The predicted octanol–water partition coefficient (Wildman–Crippen LogP) is 2.57. The summed E-state index contributed by atoms with van der Waals surface area (Å²) in [6.07, 6.45) is -0.167. The van der Waals surface area contributed by atoms with Crippen molar-refractivity contribution in [3.8, 4) is 11.5 Å². The maximum absolute atomic E-state index is 10.7. The molecule has 10 heteroatoms. The van der Waals surface area contributed by atoms with Crippen molar-refractivity contribution in [2.75, 3.05) is 38.5 Å². The number of aliphatic hydroxyl groups is 1. The van der Waals surface area contributed by atoms with Gasteiger partial charge in [0.15, 0.2) is 0 Å². The molecule has 3 aromatic rings. The second-order valence-corrected chi connectivity index (χ2v) is 10.5. The summed E-state index contributed by atoms with van der Waals surface area (Å²) in [5.41, 5.74) is 2.97. The van der Waals surface area contributed by atoms with Crippen molar-refractivity contribution in [1.29, 1.82) is 0 Å². The number of para-hydroxylation sites is 2. The maximum Gasteiger partial charge on any atom is 0.335 e. The van der Waals surface area contributed by atoms with E-state index in [4.69, 9.17) is 20.3 Å². The number of piperazine rings is 1. The number of nitrogens with one attached hydrogen (secondary N) is 2. The summed E-state index contributed by atoms with van der Waals surface area (Å²) in [4.78, 5) is 20.7. The molecule has 0 atom stereocenters. The Hall–Kier alpha value is -3.60. The lowest BCUT2D eigenvalue weighted by Gasteiger charge is -2.32. The molecule has 1 aromatic heterocycles. The first-order valence-corrected chi connectivity index (χ1v) is 12.9. The molecular weight excluding hydrogens is 492 g/mol. The van der Waals surface area contributed by atoms with Gasteiger partial charge in [-0.25, -0.2) is 9.79 Å². The van der Waals surface area contributed by atoms with Gasteiger partial charge in [-0.05, 0) is 51.1 Å². The molecule has 2 aromatic carbocycles. The van der Waals surface area contributed by atoms with Crippen LogP contribution >= 0.6 is 11.3 Å². The third kappa shape index (κ3) is 7.69. The summed E-state index contributed by atoms with van der Waals surface area (Å²) >= 11 is 1.81. The molecule has 5 N–H and O–H groups in total. The molecular formula is C27H34N4O5S. The molecule has 0 spiro atoms. The lowest BCUT2D eigenvalue weighted by molar-refractivity contribution is -0.883. The maximum atomic E-state index is 10.7. The van der Waals surface area contributed by atoms with E-state index < -0.39 is 17.3 Å². The standard InChI is InChI=1S/C17H20N4S.C7H6O4.C3H8O/c1-12-11-13-16(21-9-7-20(2)8-10-21)18-14-5-3-4-6-15(14)19-17(13)22-12;8-4-1-2-6(9)5(3-4)7(10)11;1-3(2)4/h3-6,11,19H,7-10H2,1-2H3;1-3,8-9H,(H,10,11);3-4H,1-2H3. The summed E-state index contributed by atoms with van der Waals surface area (Å²) < 4.78 is 0. The SMILES string of the molecule is CC(C)O.Cc1cc2c(s1)Nc1ccccc1N=C2N1CC[NH+](C)CC1.O=C(O)c1cc(O)ccc1[O-]. The minimum atomic E-state index is -1.33. The van der Waals surface area contributed by atoms with Crippen LogP contribution in [0.1, 0.15) is 34.6 Å². The van der Waals surface area contributed by atoms with Gasteiger partial charge in [-0.15, -0.1) is 11.3 Å². The van der Waals surface area contributed by atoms with Crippen molar-refractivity contribution < 1.29 is 30.1 Å². The highest BCUT2D eigenvalue weighted by molar-refractivity contribution is 7.16. The van der Waals surface area contributed by atoms with Gasteiger partial charge in [0, 0.05) is 11.0 Å². The first-order valence-electron chi connectivity index (χ1n) is 12.1. The van der Waals surface area contributed by atoms with Crippen molar-refractivity contribution in [2.45, 2.75) is 26.9 Å². The fourth-order valence-electron chi connectivity index (χ4n) is 3.77. The number of hydrogen-bond acceptors (Lipinski definition) is 8. The van der Waals surface area contributed by atoms with E-state index >= 15 is 0 Å². The molecule has 9 nitrogen and oxygen atoms in total. The van der Waals surface area contributed by atoms with Crippen molar-refractivity contribution >= 4 is 39.5 Å². The van der Waals surface area contributed by atoms with Crippen molar-refractivity contribution in [3.05, 3.63) is 64.5 Å². The molecule has 2 aliphatic heterocycles. The molecule has 198 valence electrons. The van der Waals surface area contributed by atoms with E-state index in [0.29, 0.717) is 0 Å². The molecule has 0 saturated carbocycles. The average Bonchev–Trinajstić information content (AvgIpc) is 3.12. The number of aromatic hydroxyl groups is 1. The number of anilines is 2. The number of thiophene rings is 1. The van der Waals surface area contributed by atoms with Crippen LogP contribution in [0.5, 0.6) is 11.5 Å². The number of aryl methyl sites for hydroxylation is 1. The quantitative estimate of drug-likeness (QED) is 0.329. The molecule has 2 aliphatic rings. The third-order valence-corrected chi connectivity index (χ3v) is 6.55. The molecule has 1 saturated heterocycles. The van der Waals surface area contributed by atoms with E-state index in [-0.39, 0.29) is 11.9 Å². The van der Waals surface area contributed by atoms with Crippen LogP contribution in [0.15, 0.2) is 53.5 Å². The Labute approximate surface area is 221 Å². The predicted molar refractivity (Wildman–Crippen MR) is 145 cm³/mol. The summed E-state index contributed by atoms with van der Waals surface area (Å²) in [6.45, 7) is 10.1. The number of phenolic OH excluding ortho intramolecular Hbond substituents is 1. The van der Waals surface area contributed by atoms with Crippen molar-refractivity contribution in [2.24, 2.45) is 4.99 Å². The number of aliphatic hydroxyl groups excluding tert-OH is 1. The number of amidine groups is 1. The molecule has 0 aliphatic carbocycles. The van der Waals surface area contributed by atoms with Gasteiger partial charge in [-0.3, -0.25) is 0 Å². The molecule has 37 heavy (non-hydrogen) atoms. The van der Waals surface area contributed by atoms with E-state index in [1.807, 2.05) is 11.3 Å². The Morgan fingerprint density at radius 3 is 2.43 bits per heavy atom. The van der Waals surface area contributed by atoms with E-state index in [0.717, 1.165) is 48.5 Å². The monoisotopic (exact) mass is 526 g/mol. The Morgan fingerprint density at radius 2 is 1.81 bits per heavy atom. The zero-order valence-corrected chi connectivity index (χ0v) is 22.3. The van der Waals surface area contributed by atoms with Crippen LogP contribution in [0, 0.1) is 6.92 Å². The number of likely N-dealkylation sites (N-methyl/N-ethyl adjacent to an activating group) is 1. The van der Waals surface area contributed by atoms with Crippen LogP contribution < -0.4 is 15.3 Å². The van der Waals surface area contributed by atoms with Crippen LogP contribution in [0.2, 0.25) is 0 Å². The Balaban J connectivity index is 0.000000213. The summed E-state index contributed by atoms with van der Waals surface area (Å²) in [7, 11) is 2.27. The van der Waals surface area contributed by atoms with Crippen molar-refractivity contribution in [3.63, 3.8) is 0 Å². The molecule has 0 radical (unpaired) electrons. The van der Waals surface area contributed by atoms with Crippen LogP contribution in [-0.4, -0.2) is 71.4 Å². The number of quaternary nitrogens is 1. The number of carbonyl (C=O) groups is 1. The first kappa shape index (κ1) is 28.0. The number of rotatable bonds is 1. The third-order valence-electron chi connectivity index (χ3n) is 5.58. The smallest absolute Gasteiger partial charge is 0.335 e. The molecule has 5 rings (SSSR count). The van der Waals surface area contributed by atoms with Gasteiger partial charge in [-0.2, -0.15) is 0 Å². The van der Waals surface area contributed by atoms with Gasteiger partial charge in [0.05, 0.1) is 55.7 Å². The van der Waals surface area contributed by atoms with Gasteiger partial charge in [0.1, 0.15) is 16.6 Å². The van der Waals surface area contributed by atoms with Crippen LogP contribution in [0.3, 0.4) is 0 Å². The van der Waals surface area contributed by atoms with Crippen LogP contribution in [-0.2, 0) is 0 Å². The highest BCUT2D eigenvalue weighted by Gasteiger charge is 2.26. The summed E-state index contributed by atoms with van der Waals surface area (Å²) in [5, 5.41) is 40.7. The Bertz CT molecular complexity index is 1250. The lowest BCUT2D eigenvalue weighted by Crippen LogP contribution is -3.12. The van der Waals surface area contributed by atoms with Gasteiger partial charge in [0.2, 0.25) is 0 Å². The number of phenols is 1.